The van der Waals surface area contributed by atoms with Crippen LogP contribution in [0.15, 0.2) is 42.5 Å². The van der Waals surface area contributed by atoms with Gasteiger partial charge in [0.2, 0.25) is 5.78 Å². The lowest BCUT2D eigenvalue weighted by molar-refractivity contribution is 0.103. The van der Waals surface area contributed by atoms with Crippen LogP contribution in [0, 0.1) is 20.8 Å². The number of rotatable bonds is 2. The van der Waals surface area contributed by atoms with Crippen molar-refractivity contribution >= 4 is 16.8 Å². The number of para-hydroxylation sites is 2. The molecule has 0 radical (unpaired) electrons. The van der Waals surface area contributed by atoms with E-state index in [1.807, 2.05) is 63.2 Å². The van der Waals surface area contributed by atoms with E-state index in [0.29, 0.717) is 17.0 Å². The molecule has 0 aliphatic rings. The number of hydrogen-bond donors (Lipinski definition) is 0. The van der Waals surface area contributed by atoms with Crippen LogP contribution in [0.3, 0.4) is 0 Å². The number of ketones is 1. The molecule has 0 unspecified atom stereocenters. The van der Waals surface area contributed by atoms with E-state index in [2.05, 4.69) is 9.97 Å². The Morgan fingerprint density at radius 2 is 1.57 bits per heavy atom. The van der Waals surface area contributed by atoms with Gasteiger partial charge in [0.15, 0.2) is 0 Å². The molecule has 0 aliphatic heterocycles. The maximum absolute atomic E-state index is 12.7. The smallest absolute Gasteiger partial charge is 0.213 e. The highest BCUT2D eigenvalue weighted by Gasteiger charge is 2.17. The predicted octanol–water partition coefficient (Wildman–Crippen LogP) is 3.79. The highest BCUT2D eigenvalue weighted by molar-refractivity contribution is 6.10. The van der Waals surface area contributed by atoms with E-state index in [1.165, 1.54) is 0 Å². The Morgan fingerprint density at radius 1 is 0.905 bits per heavy atom. The fourth-order valence-electron chi connectivity index (χ4n) is 2.50. The lowest BCUT2D eigenvalue weighted by Crippen LogP contribution is -2.10. The minimum Gasteiger partial charge on any atom is -0.287 e. The van der Waals surface area contributed by atoms with Crippen LogP contribution in [0.2, 0.25) is 0 Å². The average Bonchev–Trinajstić information content (AvgIpc) is 2.46. The molecule has 21 heavy (non-hydrogen) atoms. The summed E-state index contributed by atoms with van der Waals surface area (Å²) in [7, 11) is 0. The van der Waals surface area contributed by atoms with E-state index in [4.69, 9.17) is 0 Å². The number of carbonyl (C=O) groups excluding carboxylic acids is 1. The Balaban J connectivity index is 2.15. The molecule has 3 aromatic rings. The van der Waals surface area contributed by atoms with Gasteiger partial charge in [0, 0.05) is 5.56 Å². The highest BCUT2D eigenvalue weighted by atomic mass is 16.1. The van der Waals surface area contributed by atoms with Crippen LogP contribution in [-0.4, -0.2) is 15.8 Å². The van der Waals surface area contributed by atoms with Crippen molar-refractivity contribution in [2.45, 2.75) is 20.8 Å². The van der Waals surface area contributed by atoms with Gasteiger partial charge in [-0.25, -0.2) is 9.97 Å². The Kier molecular flexibility index (Phi) is 3.26. The summed E-state index contributed by atoms with van der Waals surface area (Å²) in [6.07, 6.45) is 0. The third kappa shape index (κ3) is 2.42. The third-order valence-electron chi connectivity index (χ3n) is 3.59. The molecule has 104 valence electrons. The fourth-order valence-corrected chi connectivity index (χ4v) is 2.50. The normalized spacial score (nSPS) is 10.8. The number of aromatic nitrogens is 2. The number of carbonyl (C=O) groups is 1. The van der Waals surface area contributed by atoms with Crippen molar-refractivity contribution in [3.8, 4) is 0 Å². The topological polar surface area (TPSA) is 42.9 Å². The minimum atomic E-state index is -0.0664. The second kappa shape index (κ2) is 5.09. The summed E-state index contributed by atoms with van der Waals surface area (Å²) in [6, 6.07) is 13.4. The molecule has 3 heteroatoms. The zero-order valence-corrected chi connectivity index (χ0v) is 12.3. The molecule has 0 fully saturated rings. The molecule has 1 heterocycles. The minimum absolute atomic E-state index is 0.0664. The summed E-state index contributed by atoms with van der Waals surface area (Å²) in [5.74, 6) is -0.0664. The quantitative estimate of drug-likeness (QED) is 0.669. The fraction of sp³-hybridized carbons (Fsp3) is 0.167. The van der Waals surface area contributed by atoms with Crippen LogP contribution in [0.1, 0.15) is 32.9 Å². The summed E-state index contributed by atoms with van der Waals surface area (Å²) in [4.78, 5) is 21.7. The van der Waals surface area contributed by atoms with Crippen molar-refractivity contribution in [2.24, 2.45) is 0 Å². The molecule has 0 atom stereocenters. The molecule has 0 N–H and O–H groups in total. The van der Waals surface area contributed by atoms with Crippen LogP contribution in [0.4, 0.5) is 0 Å². The van der Waals surface area contributed by atoms with E-state index in [0.717, 1.165) is 22.2 Å². The molecule has 2 aromatic carbocycles. The molecule has 0 saturated heterocycles. The number of nitrogens with zero attached hydrogens (tertiary/aromatic N) is 2. The van der Waals surface area contributed by atoms with Crippen molar-refractivity contribution in [1.29, 1.82) is 0 Å². The monoisotopic (exact) mass is 276 g/mol. The second-order valence-corrected chi connectivity index (χ2v) is 5.29. The van der Waals surface area contributed by atoms with Gasteiger partial charge in [0.25, 0.3) is 0 Å². The van der Waals surface area contributed by atoms with Gasteiger partial charge in [-0.3, -0.25) is 4.79 Å². The first-order valence-corrected chi connectivity index (χ1v) is 6.91. The summed E-state index contributed by atoms with van der Waals surface area (Å²) < 4.78 is 0. The zero-order chi connectivity index (χ0) is 15.0. The molecule has 0 bridgehead atoms. The molecular weight excluding hydrogens is 260 g/mol. The number of hydrogen-bond acceptors (Lipinski definition) is 3. The largest absolute Gasteiger partial charge is 0.287 e. The van der Waals surface area contributed by atoms with E-state index in [9.17, 15) is 4.79 Å². The molecule has 0 saturated carbocycles. The van der Waals surface area contributed by atoms with Crippen molar-refractivity contribution in [1.82, 2.24) is 9.97 Å². The summed E-state index contributed by atoms with van der Waals surface area (Å²) in [5.41, 5.74) is 5.45. The van der Waals surface area contributed by atoms with Crippen LogP contribution < -0.4 is 0 Å². The Hall–Kier alpha value is -2.55. The molecule has 0 amide bonds. The molecular formula is C18H16N2O. The lowest BCUT2D eigenvalue weighted by Gasteiger charge is -2.08. The molecule has 3 rings (SSSR count). The van der Waals surface area contributed by atoms with Gasteiger partial charge < -0.3 is 0 Å². The number of aryl methyl sites for hydroxylation is 3. The predicted molar refractivity (Wildman–Crippen MR) is 83.6 cm³/mol. The van der Waals surface area contributed by atoms with Crippen LogP contribution >= 0.6 is 0 Å². The van der Waals surface area contributed by atoms with Gasteiger partial charge in [-0.1, -0.05) is 35.9 Å². The van der Waals surface area contributed by atoms with Gasteiger partial charge >= 0.3 is 0 Å². The molecule has 0 spiro atoms. The summed E-state index contributed by atoms with van der Waals surface area (Å²) in [5, 5.41) is 0. The van der Waals surface area contributed by atoms with Gasteiger partial charge in [0.1, 0.15) is 5.69 Å². The van der Waals surface area contributed by atoms with Crippen molar-refractivity contribution < 1.29 is 4.79 Å². The van der Waals surface area contributed by atoms with Crippen molar-refractivity contribution in [2.75, 3.05) is 0 Å². The van der Waals surface area contributed by atoms with E-state index in [1.54, 1.807) is 0 Å². The van der Waals surface area contributed by atoms with Gasteiger partial charge in [-0.15, -0.1) is 0 Å². The van der Waals surface area contributed by atoms with E-state index >= 15 is 0 Å². The zero-order valence-electron chi connectivity index (χ0n) is 12.3. The van der Waals surface area contributed by atoms with Crippen LogP contribution in [0.5, 0.6) is 0 Å². The third-order valence-corrected chi connectivity index (χ3v) is 3.59. The first-order valence-electron chi connectivity index (χ1n) is 6.91. The second-order valence-electron chi connectivity index (χ2n) is 5.29. The highest BCUT2D eigenvalue weighted by Crippen LogP contribution is 2.18. The average molecular weight is 276 g/mol. The number of fused-ring (bicyclic) bond motifs is 1. The van der Waals surface area contributed by atoms with E-state index < -0.39 is 0 Å². The first kappa shape index (κ1) is 13.4. The lowest BCUT2D eigenvalue weighted by atomic mass is 9.99. The number of benzene rings is 2. The molecule has 1 aromatic heterocycles. The van der Waals surface area contributed by atoms with Gasteiger partial charge in [0.05, 0.1) is 16.7 Å². The van der Waals surface area contributed by atoms with Crippen molar-refractivity contribution in [3.63, 3.8) is 0 Å². The Bertz CT molecular complexity index is 853. The van der Waals surface area contributed by atoms with Crippen LogP contribution in [0.25, 0.3) is 11.0 Å². The maximum atomic E-state index is 12.7. The Labute approximate surface area is 123 Å². The summed E-state index contributed by atoms with van der Waals surface area (Å²) >= 11 is 0. The maximum Gasteiger partial charge on any atom is 0.213 e. The van der Waals surface area contributed by atoms with Crippen LogP contribution in [-0.2, 0) is 0 Å². The van der Waals surface area contributed by atoms with E-state index in [-0.39, 0.29) is 5.78 Å². The van der Waals surface area contributed by atoms with Crippen molar-refractivity contribution in [3.05, 3.63) is 70.5 Å². The van der Waals surface area contributed by atoms with Gasteiger partial charge in [-0.05, 0) is 38.5 Å². The SMILES string of the molecule is Cc1ccc(C(=O)c2nc3ccccc3nc2C)c(C)c1. The van der Waals surface area contributed by atoms with Gasteiger partial charge in [-0.2, -0.15) is 0 Å². The molecule has 0 aliphatic carbocycles. The molecule has 3 nitrogen and oxygen atoms in total. The summed E-state index contributed by atoms with van der Waals surface area (Å²) in [6.45, 7) is 5.79. The first-order chi connectivity index (χ1) is 10.1. The Morgan fingerprint density at radius 3 is 2.24 bits per heavy atom. The standard InChI is InChI=1S/C18H16N2O/c1-11-8-9-14(12(2)10-11)18(21)17-13(3)19-15-6-4-5-7-16(15)20-17/h4-10H,1-3H3.